The summed E-state index contributed by atoms with van der Waals surface area (Å²) in [5.74, 6) is 0. The van der Waals surface area contributed by atoms with E-state index in [1.54, 1.807) is 11.3 Å². The van der Waals surface area contributed by atoms with Gasteiger partial charge in [-0.05, 0) is 29.6 Å². The maximum Gasteiger partial charge on any atom is 0.0900 e. The molecule has 3 rings (SSSR count). The van der Waals surface area contributed by atoms with Crippen molar-refractivity contribution in [2.24, 2.45) is 0 Å². The van der Waals surface area contributed by atoms with Crippen molar-refractivity contribution in [2.45, 2.75) is 12.7 Å². The minimum absolute atomic E-state index is 0.381. The van der Waals surface area contributed by atoms with Crippen molar-refractivity contribution in [1.29, 1.82) is 0 Å². The number of β-amino-alcohol motifs (C(OH)–C–C–N with tert-alkyl or cyclic N) is 1. The molecule has 24 heavy (non-hydrogen) atoms. The molecule has 6 heteroatoms. The standard InChI is InChI=1S/C18H23ClN2O2S/c19-15-3-1-4-16(11-15)21-8-6-20(7-9-21)12-17(22)13-23-14-18-5-2-10-24-18/h1-5,10-11,17,22H,6-9,12-14H2/t17-/m1/s1. The predicted octanol–water partition coefficient (Wildman–Crippen LogP) is 3.10. The van der Waals surface area contributed by atoms with Crippen LogP contribution in [0, 0.1) is 0 Å². The second-order valence-electron chi connectivity index (χ2n) is 6.02. The van der Waals surface area contributed by atoms with Gasteiger partial charge in [0.05, 0.1) is 19.3 Å². The average molecular weight is 367 g/mol. The summed E-state index contributed by atoms with van der Waals surface area (Å²) in [4.78, 5) is 5.82. The zero-order valence-electron chi connectivity index (χ0n) is 13.6. The Bertz CT molecular complexity index is 615. The molecule has 4 nitrogen and oxygen atoms in total. The summed E-state index contributed by atoms with van der Waals surface area (Å²) in [5, 5.41) is 13.0. The minimum Gasteiger partial charge on any atom is -0.389 e. The summed E-state index contributed by atoms with van der Waals surface area (Å²) in [5.41, 5.74) is 1.17. The number of aliphatic hydroxyl groups is 1. The lowest BCUT2D eigenvalue weighted by molar-refractivity contribution is 0.00991. The molecule has 1 aliphatic rings. The van der Waals surface area contributed by atoms with Gasteiger partial charge >= 0.3 is 0 Å². The highest BCUT2D eigenvalue weighted by Gasteiger charge is 2.19. The van der Waals surface area contributed by atoms with Crippen LogP contribution in [0.5, 0.6) is 0 Å². The monoisotopic (exact) mass is 366 g/mol. The highest BCUT2D eigenvalue weighted by molar-refractivity contribution is 7.09. The van der Waals surface area contributed by atoms with Crippen molar-refractivity contribution >= 4 is 28.6 Å². The zero-order valence-corrected chi connectivity index (χ0v) is 15.2. The Balaban J connectivity index is 1.37. The first-order valence-electron chi connectivity index (χ1n) is 8.22. The maximum atomic E-state index is 10.2. The van der Waals surface area contributed by atoms with E-state index in [9.17, 15) is 5.11 Å². The third-order valence-electron chi connectivity index (χ3n) is 4.15. The molecule has 2 aromatic rings. The molecule has 0 unspecified atom stereocenters. The number of halogens is 1. The Morgan fingerprint density at radius 3 is 2.71 bits per heavy atom. The van der Waals surface area contributed by atoms with Gasteiger partial charge in [-0.15, -0.1) is 11.3 Å². The van der Waals surface area contributed by atoms with E-state index in [1.807, 2.05) is 35.7 Å². The number of benzene rings is 1. The quantitative estimate of drug-likeness (QED) is 0.816. The summed E-state index contributed by atoms with van der Waals surface area (Å²) in [6.07, 6.45) is -0.442. The molecule has 1 N–H and O–H groups in total. The molecular weight excluding hydrogens is 344 g/mol. The fourth-order valence-corrected chi connectivity index (χ4v) is 3.73. The lowest BCUT2D eigenvalue weighted by Gasteiger charge is -2.36. The van der Waals surface area contributed by atoms with Crippen LogP contribution < -0.4 is 4.90 Å². The van der Waals surface area contributed by atoms with E-state index in [2.05, 4.69) is 15.9 Å². The molecular formula is C18H23ClN2O2S. The summed E-state index contributed by atoms with van der Waals surface area (Å²) >= 11 is 7.74. The Labute approximate surface area is 152 Å². The first-order chi connectivity index (χ1) is 11.7. The van der Waals surface area contributed by atoms with Crippen molar-refractivity contribution in [3.8, 4) is 0 Å². The van der Waals surface area contributed by atoms with Gasteiger partial charge in [0.1, 0.15) is 0 Å². The van der Waals surface area contributed by atoms with Crippen LogP contribution in [0.3, 0.4) is 0 Å². The molecule has 0 aliphatic carbocycles. The van der Waals surface area contributed by atoms with Gasteiger partial charge in [-0.1, -0.05) is 23.7 Å². The number of hydrogen-bond donors (Lipinski definition) is 1. The lowest BCUT2D eigenvalue weighted by atomic mass is 10.2. The van der Waals surface area contributed by atoms with Crippen LogP contribution in [0.25, 0.3) is 0 Å². The fraction of sp³-hybridized carbons (Fsp3) is 0.444. The predicted molar refractivity (Wildman–Crippen MR) is 100 cm³/mol. The van der Waals surface area contributed by atoms with Crippen molar-refractivity contribution in [3.63, 3.8) is 0 Å². The average Bonchev–Trinajstić information content (AvgIpc) is 3.09. The van der Waals surface area contributed by atoms with Crippen LogP contribution >= 0.6 is 22.9 Å². The number of rotatable bonds is 7. The van der Waals surface area contributed by atoms with Gasteiger partial charge in [0.15, 0.2) is 0 Å². The molecule has 0 saturated carbocycles. The number of ether oxygens (including phenoxy) is 1. The third kappa shape index (κ3) is 5.19. The van der Waals surface area contributed by atoms with E-state index in [1.165, 1.54) is 10.6 Å². The van der Waals surface area contributed by atoms with Crippen LogP contribution in [0.4, 0.5) is 5.69 Å². The van der Waals surface area contributed by atoms with Crippen molar-refractivity contribution in [3.05, 3.63) is 51.7 Å². The largest absolute Gasteiger partial charge is 0.389 e. The molecule has 0 amide bonds. The third-order valence-corrected chi connectivity index (χ3v) is 5.23. The van der Waals surface area contributed by atoms with Gasteiger partial charge in [0.2, 0.25) is 0 Å². The normalized spacial score (nSPS) is 17.2. The number of aliphatic hydroxyl groups excluding tert-OH is 1. The van der Waals surface area contributed by atoms with Gasteiger partial charge in [0, 0.05) is 48.3 Å². The Morgan fingerprint density at radius 1 is 1.17 bits per heavy atom. The summed E-state index contributed by atoms with van der Waals surface area (Å²) in [6.45, 7) is 5.40. The molecule has 0 spiro atoms. The number of thiophene rings is 1. The highest BCUT2D eigenvalue weighted by Crippen LogP contribution is 2.20. The Hall–Kier alpha value is -1.11. The maximum absolute atomic E-state index is 10.2. The molecule has 1 aromatic heterocycles. The zero-order chi connectivity index (χ0) is 16.8. The van der Waals surface area contributed by atoms with Crippen molar-refractivity contribution in [2.75, 3.05) is 44.2 Å². The van der Waals surface area contributed by atoms with Crippen LogP contribution in [-0.4, -0.2) is 55.4 Å². The van der Waals surface area contributed by atoms with Gasteiger partial charge < -0.3 is 14.7 Å². The summed E-state index contributed by atoms with van der Waals surface area (Å²) < 4.78 is 5.59. The number of nitrogens with zero attached hydrogens (tertiary/aromatic N) is 2. The number of piperazine rings is 1. The Morgan fingerprint density at radius 2 is 2.00 bits per heavy atom. The van der Waals surface area contributed by atoms with E-state index in [0.29, 0.717) is 19.8 Å². The fourth-order valence-electron chi connectivity index (χ4n) is 2.90. The Kier molecular flexibility index (Phi) is 6.51. The first kappa shape index (κ1) is 17.7. The molecule has 1 atom stereocenters. The molecule has 1 aliphatic heterocycles. The molecule has 130 valence electrons. The molecule has 1 aromatic carbocycles. The summed E-state index contributed by atoms with van der Waals surface area (Å²) in [6, 6.07) is 12.0. The van der Waals surface area contributed by atoms with Crippen molar-refractivity contribution < 1.29 is 9.84 Å². The van der Waals surface area contributed by atoms with Gasteiger partial charge in [-0.3, -0.25) is 4.90 Å². The smallest absolute Gasteiger partial charge is 0.0900 e. The van der Waals surface area contributed by atoms with Crippen LogP contribution in [0.2, 0.25) is 5.02 Å². The van der Waals surface area contributed by atoms with E-state index in [0.717, 1.165) is 31.2 Å². The van der Waals surface area contributed by atoms with E-state index < -0.39 is 6.10 Å². The second kappa shape index (κ2) is 8.83. The molecule has 1 fully saturated rings. The second-order valence-corrected chi connectivity index (χ2v) is 7.48. The van der Waals surface area contributed by atoms with Crippen LogP contribution in [0.1, 0.15) is 4.88 Å². The van der Waals surface area contributed by atoms with Crippen molar-refractivity contribution in [1.82, 2.24) is 4.90 Å². The first-order valence-corrected chi connectivity index (χ1v) is 9.47. The molecule has 2 heterocycles. The number of hydrogen-bond acceptors (Lipinski definition) is 5. The SMILES string of the molecule is O[C@@H](COCc1cccs1)CN1CCN(c2cccc(Cl)c2)CC1. The minimum atomic E-state index is -0.442. The van der Waals surface area contributed by atoms with E-state index >= 15 is 0 Å². The van der Waals surface area contributed by atoms with Gasteiger partial charge in [-0.2, -0.15) is 0 Å². The van der Waals surface area contributed by atoms with Crippen LogP contribution in [-0.2, 0) is 11.3 Å². The lowest BCUT2D eigenvalue weighted by Crippen LogP contribution is -2.49. The van der Waals surface area contributed by atoms with Gasteiger partial charge in [0.25, 0.3) is 0 Å². The number of anilines is 1. The molecule has 0 bridgehead atoms. The molecule has 0 radical (unpaired) electrons. The highest BCUT2D eigenvalue weighted by atomic mass is 35.5. The van der Waals surface area contributed by atoms with Gasteiger partial charge in [-0.25, -0.2) is 0 Å². The van der Waals surface area contributed by atoms with E-state index in [-0.39, 0.29) is 0 Å². The topological polar surface area (TPSA) is 35.9 Å². The molecule has 1 saturated heterocycles. The van der Waals surface area contributed by atoms with Crippen LogP contribution in [0.15, 0.2) is 41.8 Å². The van der Waals surface area contributed by atoms with E-state index in [4.69, 9.17) is 16.3 Å². The summed E-state index contributed by atoms with van der Waals surface area (Å²) in [7, 11) is 0.